The summed E-state index contributed by atoms with van der Waals surface area (Å²) in [5, 5.41) is 13.3. The van der Waals surface area contributed by atoms with E-state index in [-0.39, 0.29) is 33.6 Å². The van der Waals surface area contributed by atoms with Gasteiger partial charge in [0.1, 0.15) is 12.4 Å². The van der Waals surface area contributed by atoms with Gasteiger partial charge in [-0.25, -0.2) is 0 Å². The number of hydrogen-bond acceptors (Lipinski definition) is 5. The lowest BCUT2D eigenvalue weighted by atomic mass is 10.2. The normalized spacial score (nSPS) is 11.2. The van der Waals surface area contributed by atoms with E-state index < -0.39 is 22.6 Å². The standard InChI is InChI=1S/C20H12Cl2F3N3O4/c21-16-6-3-13(28(30)31)8-15(16)19(29)27-12-1-4-14(5-2-12)32-10-18-17(22)7-11(9-26-18)20(23,24)25/h1-9H,10H2,(H,27,29). The van der Waals surface area contributed by atoms with Crippen LogP contribution in [-0.2, 0) is 12.8 Å². The molecule has 1 aromatic heterocycles. The molecular weight excluding hydrogens is 474 g/mol. The van der Waals surface area contributed by atoms with Crippen molar-refractivity contribution in [1.82, 2.24) is 4.98 Å². The molecule has 0 spiro atoms. The number of pyridine rings is 1. The second kappa shape index (κ2) is 9.41. The average molecular weight is 486 g/mol. The first-order valence-corrected chi connectivity index (χ1v) is 9.50. The summed E-state index contributed by atoms with van der Waals surface area (Å²) in [6.07, 6.45) is -3.88. The number of non-ortho nitro benzene ring substituents is 1. The molecule has 0 saturated carbocycles. The second-order valence-corrected chi connectivity index (χ2v) is 7.15. The van der Waals surface area contributed by atoms with E-state index in [1.54, 1.807) is 0 Å². The zero-order valence-electron chi connectivity index (χ0n) is 15.8. The van der Waals surface area contributed by atoms with Gasteiger partial charge in [0.15, 0.2) is 0 Å². The fraction of sp³-hybridized carbons (Fsp3) is 0.100. The summed E-state index contributed by atoms with van der Waals surface area (Å²) in [7, 11) is 0. The van der Waals surface area contributed by atoms with Crippen LogP contribution < -0.4 is 10.1 Å². The molecular formula is C20H12Cl2F3N3O4. The van der Waals surface area contributed by atoms with Gasteiger partial charge in [-0.1, -0.05) is 23.2 Å². The van der Waals surface area contributed by atoms with Gasteiger partial charge in [0, 0.05) is 24.0 Å². The van der Waals surface area contributed by atoms with Crippen LogP contribution in [0.5, 0.6) is 5.75 Å². The smallest absolute Gasteiger partial charge is 0.417 e. The number of hydrogen-bond donors (Lipinski definition) is 1. The average Bonchev–Trinajstić information content (AvgIpc) is 2.73. The van der Waals surface area contributed by atoms with Gasteiger partial charge in [-0.2, -0.15) is 13.2 Å². The Labute approximate surface area is 188 Å². The number of amides is 1. The lowest BCUT2D eigenvalue weighted by molar-refractivity contribution is -0.384. The molecule has 2 aromatic carbocycles. The van der Waals surface area contributed by atoms with Crippen molar-refractivity contribution in [2.75, 3.05) is 5.32 Å². The van der Waals surface area contributed by atoms with Crippen molar-refractivity contribution in [3.05, 3.63) is 91.7 Å². The third kappa shape index (κ3) is 5.65. The highest BCUT2D eigenvalue weighted by Crippen LogP contribution is 2.31. The van der Waals surface area contributed by atoms with Crippen LogP contribution >= 0.6 is 23.2 Å². The molecule has 166 valence electrons. The maximum absolute atomic E-state index is 12.7. The Kier molecular flexibility index (Phi) is 6.85. The number of nitrogens with zero attached hydrogens (tertiary/aromatic N) is 2. The molecule has 0 radical (unpaired) electrons. The molecule has 0 atom stereocenters. The summed E-state index contributed by atoms with van der Waals surface area (Å²) in [6.45, 7) is -0.175. The largest absolute Gasteiger partial charge is 0.487 e. The molecule has 0 aliphatic rings. The van der Waals surface area contributed by atoms with E-state index in [1.165, 1.54) is 36.4 Å². The molecule has 0 fully saturated rings. The van der Waals surface area contributed by atoms with E-state index >= 15 is 0 Å². The third-order valence-corrected chi connectivity index (χ3v) is 4.79. The number of rotatable bonds is 6. The van der Waals surface area contributed by atoms with E-state index in [0.29, 0.717) is 17.6 Å². The number of ether oxygens (including phenoxy) is 1. The van der Waals surface area contributed by atoms with E-state index in [0.717, 1.165) is 12.1 Å². The first kappa shape index (κ1) is 23.3. The van der Waals surface area contributed by atoms with E-state index in [1.807, 2.05) is 0 Å². The van der Waals surface area contributed by atoms with Crippen LogP contribution in [0.4, 0.5) is 24.5 Å². The van der Waals surface area contributed by atoms with Crippen molar-refractivity contribution in [2.45, 2.75) is 12.8 Å². The first-order chi connectivity index (χ1) is 15.0. The molecule has 1 N–H and O–H groups in total. The fourth-order valence-electron chi connectivity index (χ4n) is 2.51. The molecule has 3 rings (SSSR count). The van der Waals surface area contributed by atoms with Crippen molar-refractivity contribution in [3.63, 3.8) is 0 Å². The van der Waals surface area contributed by atoms with Gasteiger partial charge in [0.05, 0.1) is 31.8 Å². The van der Waals surface area contributed by atoms with Gasteiger partial charge < -0.3 is 10.1 Å². The van der Waals surface area contributed by atoms with Gasteiger partial charge in [0.2, 0.25) is 0 Å². The Hall–Kier alpha value is -3.37. The van der Waals surface area contributed by atoms with Crippen LogP contribution in [0.3, 0.4) is 0 Å². The topological polar surface area (TPSA) is 94.4 Å². The lowest BCUT2D eigenvalue weighted by Gasteiger charge is -2.11. The molecule has 3 aromatic rings. The van der Waals surface area contributed by atoms with Crippen molar-refractivity contribution in [3.8, 4) is 5.75 Å². The Balaban J connectivity index is 1.64. The van der Waals surface area contributed by atoms with Crippen LogP contribution in [0, 0.1) is 10.1 Å². The molecule has 32 heavy (non-hydrogen) atoms. The predicted molar refractivity (Wildman–Crippen MR) is 111 cm³/mol. The monoisotopic (exact) mass is 485 g/mol. The highest BCUT2D eigenvalue weighted by Gasteiger charge is 2.31. The van der Waals surface area contributed by atoms with Gasteiger partial charge in [-0.05, 0) is 36.4 Å². The minimum absolute atomic E-state index is 0.0500. The quantitative estimate of drug-likeness (QED) is 0.333. The minimum atomic E-state index is -4.55. The van der Waals surface area contributed by atoms with Crippen LogP contribution in [0.2, 0.25) is 10.0 Å². The number of benzene rings is 2. The van der Waals surface area contributed by atoms with Crippen molar-refractivity contribution < 1.29 is 27.6 Å². The highest BCUT2D eigenvalue weighted by molar-refractivity contribution is 6.34. The Morgan fingerprint density at radius 2 is 1.78 bits per heavy atom. The van der Waals surface area contributed by atoms with Crippen molar-refractivity contribution in [1.29, 1.82) is 0 Å². The summed E-state index contributed by atoms with van der Waals surface area (Å²) in [5.74, 6) is -0.303. The Morgan fingerprint density at radius 1 is 1.09 bits per heavy atom. The number of aromatic nitrogens is 1. The number of nitrogens with one attached hydrogen (secondary N) is 1. The SMILES string of the molecule is O=C(Nc1ccc(OCc2ncc(C(F)(F)F)cc2Cl)cc1)c1cc([N+](=O)[O-])ccc1Cl. The van der Waals surface area contributed by atoms with Crippen LogP contribution in [0.15, 0.2) is 54.7 Å². The van der Waals surface area contributed by atoms with Gasteiger partial charge >= 0.3 is 6.18 Å². The minimum Gasteiger partial charge on any atom is -0.487 e. The van der Waals surface area contributed by atoms with Gasteiger partial charge in [0.25, 0.3) is 11.6 Å². The summed E-state index contributed by atoms with van der Waals surface area (Å²) in [6, 6.07) is 10.3. The predicted octanol–water partition coefficient (Wildman–Crippen LogP) is 6.15. The van der Waals surface area contributed by atoms with E-state index in [2.05, 4.69) is 10.3 Å². The zero-order chi connectivity index (χ0) is 23.5. The Morgan fingerprint density at radius 3 is 2.38 bits per heavy atom. The van der Waals surface area contributed by atoms with Crippen molar-refractivity contribution >= 4 is 40.5 Å². The van der Waals surface area contributed by atoms with E-state index in [9.17, 15) is 28.1 Å². The molecule has 0 aliphatic heterocycles. The highest BCUT2D eigenvalue weighted by atomic mass is 35.5. The number of carbonyl (C=O) groups is 1. The second-order valence-electron chi connectivity index (χ2n) is 6.34. The molecule has 1 heterocycles. The lowest BCUT2D eigenvalue weighted by Crippen LogP contribution is -2.12. The summed E-state index contributed by atoms with van der Waals surface area (Å²) >= 11 is 11.8. The van der Waals surface area contributed by atoms with Crippen LogP contribution in [0.1, 0.15) is 21.6 Å². The number of carbonyl (C=O) groups excluding carboxylic acids is 1. The third-order valence-electron chi connectivity index (χ3n) is 4.14. The molecule has 0 bridgehead atoms. The number of alkyl halides is 3. The molecule has 7 nitrogen and oxygen atoms in total. The zero-order valence-corrected chi connectivity index (χ0v) is 17.3. The fourth-order valence-corrected chi connectivity index (χ4v) is 2.94. The van der Waals surface area contributed by atoms with Crippen LogP contribution in [-0.4, -0.2) is 15.8 Å². The summed E-state index contributed by atoms with van der Waals surface area (Å²) < 4.78 is 43.5. The molecule has 0 aliphatic carbocycles. The van der Waals surface area contributed by atoms with Gasteiger partial charge in [-0.15, -0.1) is 0 Å². The maximum atomic E-state index is 12.7. The summed E-state index contributed by atoms with van der Waals surface area (Å²) in [4.78, 5) is 26.3. The van der Waals surface area contributed by atoms with Gasteiger partial charge in [-0.3, -0.25) is 19.9 Å². The van der Waals surface area contributed by atoms with Crippen molar-refractivity contribution in [2.24, 2.45) is 0 Å². The maximum Gasteiger partial charge on any atom is 0.417 e. The molecule has 12 heteroatoms. The first-order valence-electron chi connectivity index (χ1n) is 8.74. The number of nitro benzene ring substituents is 1. The van der Waals surface area contributed by atoms with Crippen LogP contribution in [0.25, 0.3) is 0 Å². The number of anilines is 1. The number of nitro groups is 1. The Bertz CT molecular complexity index is 1170. The molecule has 0 unspecified atom stereocenters. The molecule has 1 amide bonds. The number of halogens is 5. The molecule has 0 saturated heterocycles. The van der Waals surface area contributed by atoms with E-state index in [4.69, 9.17) is 27.9 Å². The summed E-state index contributed by atoms with van der Waals surface area (Å²) in [5.41, 5.74) is -0.828.